The van der Waals surface area contributed by atoms with Crippen molar-refractivity contribution < 1.29 is 0 Å². The lowest BCUT2D eigenvalue weighted by Crippen LogP contribution is -2.05. The molecule has 100 valence electrons. The standard InChI is InChI=1S/C15H17BrN2S/c1-17-9-13-14(16)19-15(18-13)12-7-6-10-4-2-3-5-11(10)8-12/h6-8,17H,2-5,9H2,1H3. The summed E-state index contributed by atoms with van der Waals surface area (Å²) in [7, 11) is 1.95. The maximum atomic E-state index is 4.73. The van der Waals surface area contributed by atoms with Gasteiger partial charge < -0.3 is 5.32 Å². The summed E-state index contributed by atoms with van der Waals surface area (Å²) < 4.78 is 1.13. The molecule has 2 aromatic rings. The fourth-order valence-corrected chi connectivity index (χ4v) is 4.09. The van der Waals surface area contributed by atoms with Crippen LogP contribution in [0.3, 0.4) is 0 Å². The molecule has 1 N–H and O–H groups in total. The summed E-state index contributed by atoms with van der Waals surface area (Å²) in [4.78, 5) is 4.73. The maximum Gasteiger partial charge on any atom is 0.124 e. The van der Waals surface area contributed by atoms with Crippen molar-refractivity contribution in [1.82, 2.24) is 10.3 Å². The van der Waals surface area contributed by atoms with E-state index in [0.717, 1.165) is 21.0 Å². The van der Waals surface area contributed by atoms with Gasteiger partial charge in [-0.05, 0) is 65.9 Å². The molecule has 1 aliphatic carbocycles. The Labute approximate surface area is 126 Å². The van der Waals surface area contributed by atoms with Crippen LogP contribution in [0.4, 0.5) is 0 Å². The van der Waals surface area contributed by atoms with Crippen LogP contribution in [0.1, 0.15) is 29.7 Å². The Morgan fingerprint density at radius 2 is 2.05 bits per heavy atom. The number of aryl methyl sites for hydroxylation is 2. The number of benzene rings is 1. The first-order valence-corrected chi connectivity index (χ1v) is 8.31. The van der Waals surface area contributed by atoms with E-state index >= 15 is 0 Å². The Kier molecular flexibility index (Phi) is 4.01. The largest absolute Gasteiger partial charge is 0.314 e. The molecule has 4 heteroatoms. The van der Waals surface area contributed by atoms with E-state index in [4.69, 9.17) is 4.98 Å². The lowest BCUT2D eigenvalue weighted by Gasteiger charge is -2.15. The summed E-state index contributed by atoms with van der Waals surface area (Å²) in [5.41, 5.74) is 5.40. The first kappa shape index (κ1) is 13.3. The van der Waals surface area contributed by atoms with Gasteiger partial charge in [-0.3, -0.25) is 0 Å². The first-order valence-electron chi connectivity index (χ1n) is 6.70. The van der Waals surface area contributed by atoms with Crippen molar-refractivity contribution in [2.24, 2.45) is 0 Å². The van der Waals surface area contributed by atoms with Crippen molar-refractivity contribution in [2.75, 3.05) is 7.05 Å². The molecule has 0 atom stereocenters. The molecule has 2 nitrogen and oxygen atoms in total. The van der Waals surface area contributed by atoms with Gasteiger partial charge in [0.25, 0.3) is 0 Å². The summed E-state index contributed by atoms with van der Waals surface area (Å²) in [5.74, 6) is 0. The van der Waals surface area contributed by atoms with Gasteiger partial charge in [0.15, 0.2) is 0 Å². The Bertz CT molecular complexity index is 592. The van der Waals surface area contributed by atoms with Gasteiger partial charge in [0, 0.05) is 12.1 Å². The minimum atomic E-state index is 0.808. The molecule has 0 fully saturated rings. The van der Waals surface area contributed by atoms with Crippen molar-refractivity contribution in [3.8, 4) is 10.6 Å². The Balaban J connectivity index is 1.95. The van der Waals surface area contributed by atoms with Crippen LogP contribution in [0.25, 0.3) is 10.6 Å². The van der Waals surface area contributed by atoms with E-state index < -0.39 is 0 Å². The van der Waals surface area contributed by atoms with E-state index in [-0.39, 0.29) is 0 Å². The van der Waals surface area contributed by atoms with Gasteiger partial charge in [0.05, 0.1) is 9.48 Å². The molecule has 0 aliphatic heterocycles. The average molecular weight is 337 g/mol. The third-order valence-electron chi connectivity index (χ3n) is 3.59. The van der Waals surface area contributed by atoms with Crippen LogP contribution in [0.5, 0.6) is 0 Å². The number of aromatic nitrogens is 1. The predicted molar refractivity (Wildman–Crippen MR) is 84.7 cm³/mol. The highest BCUT2D eigenvalue weighted by atomic mass is 79.9. The van der Waals surface area contributed by atoms with Gasteiger partial charge in [0.1, 0.15) is 5.01 Å². The minimum absolute atomic E-state index is 0.808. The van der Waals surface area contributed by atoms with E-state index in [0.29, 0.717) is 0 Å². The summed E-state index contributed by atoms with van der Waals surface area (Å²) in [6.07, 6.45) is 5.12. The normalized spacial score (nSPS) is 14.4. The lowest BCUT2D eigenvalue weighted by atomic mass is 9.90. The SMILES string of the molecule is CNCc1nc(-c2ccc3c(c2)CCCC3)sc1Br. The minimum Gasteiger partial charge on any atom is -0.314 e. The second kappa shape index (κ2) is 5.73. The number of thiazole rings is 1. The van der Waals surface area contributed by atoms with Crippen molar-refractivity contribution >= 4 is 27.3 Å². The van der Waals surface area contributed by atoms with Crippen molar-refractivity contribution in [3.63, 3.8) is 0 Å². The van der Waals surface area contributed by atoms with Crippen LogP contribution < -0.4 is 5.32 Å². The Morgan fingerprint density at radius 1 is 1.26 bits per heavy atom. The Hall–Kier alpha value is -0.710. The molecule has 0 unspecified atom stereocenters. The monoisotopic (exact) mass is 336 g/mol. The molecule has 0 spiro atoms. The summed E-state index contributed by atoms with van der Waals surface area (Å²) in [5, 5.41) is 4.27. The summed E-state index contributed by atoms with van der Waals surface area (Å²) in [6.45, 7) is 0.808. The number of halogens is 1. The highest BCUT2D eigenvalue weighted by Crippen LogP contribution is 2.34. The van der Waals surface area contributed by atoms with Crippen molar-refractivity contribution in [1.29, 1.82) is 0 Å². The molecule has 1 heterocycles. The quantitative estimate of drug-likeness (QED) is 0.909. The van der Waals surface area contributed by atoms with Crippen molar-refractivity contribution in [2.45, 2.75) is 32.2 Å². The third-order valence-corrected chi connectivity index (χ3v) is 5.47. The van der Waals surface area contributed by atoms with Gasteiger partial charge in [-0.2, -0.15) is 0 Å². The van der Waals surface area contributed by atoms with Gasteiger partial charge in [0.2, 0.25) is 0 Å². The number of rotatable bonds is 3. The zero-order valence-corrected chi connectivity index (χ0v) is 13.4. The highest BCUT2D eigenvalue weighted by molar-refractivity contribution is 9.11. The van der Waals surface area contributed by atoms with E-state index in [1.165, 1.54) is 42.4 Å². The average Bonchev–Trinajstić information content (AvgIpc) is 2.80. The molecule has 1 aromatic heterocycles. The van der Waals surface area contributed by atoms with Gasteiger partial charge in [-0.1, -0.05) is 12.1 Å². The van der Waals surface area contributed by atoms with Gasteiger partial charge >= 0.3 is 0 Å². The zero-order valence-electron chi connectivity index (χ0n) is 11.0. The maximum absolute atomic E-state index is 4.73. The van der Waals surface area contributed by atoms with Crippen LogP contribution in [-0.4, -0.2) is 12.0 Å². The molecule has 0 saturated heterocycles. The number of fused-ring (bicyclic) bond motifs is 1. The molecule has 3 rings (SSSR count). The second-order valence-electron chi connectivity index (χ2n) is 4.96. The number of hydrogen-bond donors (Lipinski definition) is 1. The fourth-order valence-electron chi connectivity index (χ4n) is 2.60. The molecule has 1 aliphatic rings. The highest BCUT2D eigenvalue weighted by Gasteiger charge is 2.13. The van der Waals surface area contributed by atoms with Crippen molar-refractivity contribution in [3.05, 3.63) is 38.8 Å². The first-order chi connectivity index (χ1) is 9.28. The van der Waals surface area contributed by atoms with E-state index in [1.807, 2.05) is 7.05 Å². The summed E-state index contributed by atoms with van der Waals surface area (Å²) in [6, 6.07) is 6.85. The van der Waals surface area contributed by atoms with E-state index in [2.05, 4.69) is 39.4 Å². The number of hydrogen-bond acceptors (Lipinski definition) is 3. The van der Waals surface area contributed by atoms with Gasteiger partial charge in [-0.25, -0.2) is 4.98 Å². The van der Waals surface area contributed by atoms with Crippen LogP contribution in [0.15, 0.2) is 22.0 Å². The molecule has 0 amide bonds. The molecule has 0 bridgehead atoms. The molecule has 1 aromatic carbocycles. The molecule has 19 heavy (non-hydrogen) atoms. The molecule has 0 radical (unpaired) electrons. The second-order valence-corrected chi connectivity index (χ2v) is 7.28. The molecular formula is C15H17BrN2S. The summed E-state index contributed by atoms with van der Waals surface area (Å²) >= 11 is 5.33. The topological polar surface area (TPSA) is 24.9 Å². The van der Waals surface area contributed by atoms with Crippen LogP contribution in [0, 0.1) is 0 Å². The molecule has 0 saturated carbocycles. The van der Waals surface area contributed by atoms with Crippen LogP contribution in [0.2, 0.25) is 0 Å². The predicted octanol–water partition coefficient (Wildman–Crippen LogP) is 4.17. The van der Waals surface area contributed by atoms with Crippen LogP contribution >= 0.6 is 27.3 Å². The van der Waals surface area contributed by atoms with Crippen LogP contribution in [-0.2, 0) is 19.4 Å². The lowest BCUT2D eigenvalue weighted by molar-refractivity contribution is 0.686. The van der Waals surface area contributed by atoms with E-state index in [1.54, 1.807) is 11.3 Å². The smallest absolute Gasteiger partial charge is 0.124 e. The third kappa shape index (κ3) is 2.76. The van der Waals surface area contributed by atoms with E-state index in [9.17, 15) is 0 Å². The molecular weight excluding hydrogens is 320 g/mol. The number of nitrogens with zero attached hydrogens (tertiary/aromatic N) is 1. The Morgan fingerprint density at radius 3 is 2.84 bits per heavy atom. The number of nitrogens with one attached hydrogen (secondary N) is 1. The zero-order chi connectivity index (χ0) is 13.2. The fraction of sp³-hybridized carbons (Fsp3) is 0.400. The van der Waals surface area contributed by atoms with Gasteiger partial charge in [-0.15, -0.1) is 11.3 Å².